The summed E-state index contributed by atoms with van der Waals surface area (Å²) in [6, 6.07) is 31.5. The average Bonchev–Trinajstić information content (AvgIpc) is 3.10. The van der Waals surface area contributed by atoms with E-state index in [1.165, 1.54) is 55.9 Å². The summed E-state index contributed by atoms with van der Waals surface area (Å²) in [6.07, 6.45) is 0. The van der Waals surface area contributed by atoms with Crippen LogP contribution in [0.4, 0.5) is 11.4 Å². The van der Waals surface area contributed by atoms with Crippen molar-refractivity contribution in [3.8, 4) is 22.3 Å². The fourth-order valence-electron chi connectivity index (χ4n) is 6.63. The van der Waals surface area contributed by atoms with Crippen molar-refractivity contribution in [2.45, 2.75) is 85.1 Å². The number of anilines is 2. The third-order valence-corrected chi connectivity index (χ3v) is 8.22. The molecule has 0 saturated carbocycles. The molecule has 0 aromatic heterocycles. The zero-order valence-corrected chi connectivity index (χ0v) is 24.7. The Labute approximate surface area is 230 Å². The smallest absolute Gasteiger partial charge is 0.0530 e. The van der Waals surface area contributed by atoms with Gasteiger partial charge in [-0.2, -0.15) is 0 Å². The van der Waals surface area contributed by atoms with Crippen molar-refractivity contribution in [3.05, 3.63) is 107 Å². The van der Waals surface area contributed by atoms with Crippen LogP contribution in [0.15, 0.2) is 84.9 Å². The predicted molar refractivity (Wildman–Crippen MR) is 166 cm³/mol. The van der Waals surface area contributed by atoms with Gasteiger partial charge in [0.2, 0.25) is 0 Å². The molecule has 5 rings (SSSR count). The van der Waals surface area contributed by atoms with Crippen LogP contribution in [-0.2, 0) is 5.41 Å². The van der Waals surface area contributed by atoms with Crippen molar-refractivity contribution in [2.24, 2.45) is 0 Å². The van der Waals surface area contributed by atoms with Gasteiger partial charge in [-0.15, -0.1) is 0 Å². The van der Waals surface area contributed by atoms with Crippen LogP contribution in [0.2, 0.25) is 0 Å². The highest BCUT2D eigenvalue weighted by molar-refractivity contribution is 5.90. The molecule has 0 unspecified atom stereocenters. The van der Waals surface area contributed by atoms with Crippen molar-refractivity contribution in [1.29, 1.82) is 0 Å². The number of hydrogen-bond acceptors (Lipinski definition) is 1. The number of fused-ring (bicyclic) bond motifs is 3. The van der Waals surface area contributed by atoms with Crippen molar-refractivity contribution >= 4 is 11.4 Å². The van der Waals surface area contributed by atoms with Gasteiger partial charge in [0.05, 0.1) is 5.69 Å². The van der Waals surface area contributed by atoms with E-state index < -0.39 is 0 Å². The highest BCUT2D eigenvalue weighted by Gasteiger charge is 2.40. The monoisotopic (exact) mass is 501 g/mol. The molecule has 0 aliphatic heterocycles. The molecule has 196 valence electrons. The second kappa shape index (κ2) is 9.45. The normalized spacial score (nSPS) is 14.1. The van der Waals surface area contributed by atoms with E-state index in [9.17, 15) is 0 Å². The molecule has 38 heavy (non-hydrogen) atoms. The molecule has 1 nitrogen and oxygen atoms in total. The van der Waals surface area contributed by atoms with Crippen molar-refractivity contribution in [1.82, 2.24) is 0 Å². The Kier molecular flexibility index (Phi) is 6.54. The highest BCUT2D eigenvalue weighted by Crippen LogP contribution is 2.55. The van der Waals surface area contributed by atoms with Crippen LogP contribution >= 0.6 is 0 Å². The van der Waals surface area contributed by atoms with E-state index in [0.29, 0.717) is 11.8 Å². The van der Waals surface area contributed by atoms with Gasteiger partial charge in [0.25, 0.3) is 0 Å². The zero-order chi connectivity index (χ0) is 27.4. The highest BCUT2D eigenvalue weighted by atomic mass is 15.2. The number of benzene rings is 4. The molecule has 0 amide bonds. The summed E-state index contributed by atoms with van der Waals surface area (Å²) in [5.41, 5.74) is 13.6. The number of para-hydroxylation sites is 1. The van der Waals surface area contributed by atoms with Gasteiger partial charge in [0, 0.05) is 22.2 Å². The van der Waals surface area contributed by atoms with Crippen LogP contribution in [0.3, 0.4) is 0 Å². The minimum absolute atomic E-state index is 0.0507. The lowest BCUT2D eigenvalue weighted by molar-refractivity contribution is 0.553. The van der Waals surface area contributed by atoms with Crippen molar-refractivity contribution in [2.75, 3.05) is 4.90 Å². The predicted octanol–water partition coefficient (Wildman–Crippen LogP) is 10.8. The summed E-state index contributed by atoms with van der Waals surface area (Å²) in [5.74, 6) is 0.779. The number of nitrogens with zero attached hydrogens (tertiary/aromatic N) is 1. The van der Waals surface area contributed by atoms with Gasteiger partial charge in [-0.3, -0.25) is 0 Å². The van der Waals surface area contributed by atoms with Crippen LogP contribution in [0.1, 0.15) is 96.4 Å². The summed E-state index contributed by atoms with van der Waals surface area (Å²) in [4.78, 5) is 2.65. The third kappa shape index (κ3) is 4.17. The molecule has 0 heterocycles. The van der Waals surface area contributed by atoms with Crippen LogP contribution < -0.4 is 4.90 Å². The summed E-state index contributed by atoms with van der Waals surface area (Å²) < 4.78 is 0. The fraction of sp³-hybridized carbons (Fsp3) is 0.351. The molecule has 0 saturated heterocycles. The van der Waals surface area contributed by atoms with Gasteiger partial charge < -0.3 is 4.90 Å². The Morgan fingerprint density at radius 1 is 0.632 bits per heavy atom. The number of hydrogen-bond donors (Lipinski definition) is 0. The Balaban J connectivity index is 1.87. The first kappa shape index (κ1) is 26.3. The lowest BCUT2D eigenvalue weighted by atomic mass is 9.77. The van der Waals surface area contributed by atoms with E-state index in [1.807, 2.05) is 0 Å². The molecule has 0 spiro atoms. The molecular weight excluding hydrogens is 458 g/mol. The molecule has 1 aliphatic carbocycles. The molecule has 0 bridgehead atoms. The Bertz CT molecular complexity index is 1460. The third-order valence-electron chi connectivity index (χ3n) is 8.22. The van der Waals surface area contributed by atoms with E-state index in [0.717, 1.165) is 0 Å². The van der Waals surface area contributed by atoms with Gasteiger partial charge in [0.15, 0.2) is 0 Å². The largest absolute Gasteiger partial charge is 0.335 e. The molecule has 4 aromatic carbocycles. The van der Waals surface area contributed by atoms with Crippen molar-refractivity contribution < 1.29 is 0 Å². The van der Waals surface area contributed by atoms with E-state index in [-0.39, 0.29) is 11.0 Å². The maximum atomic E-state index is 2.65. The molecule has 1 aliphatic rings. The zero-order valence-electron chi connectivity index (χ0n) is 24.7. The topological polar surface area (TPSA) is 3.24 Å². The molecule has 0 fully saturated rings. The van der Waals surface area contributed by atoms with Gasteiger partial charge in [-0.25, -0.2) is 0 Å². The van der Waals surface area contributed by atoms with Crippen LogP contribution in [0, 0.1) is 0 Å². The summed E-state index contributed by atoms with van der Waals surface area (Å²) in [7, 11) is 0. The SMILES string of the molecule is CC(C)c1cccc(-c2ccccc2)c1N(c1ccc2c(c1C(C)C)C(C)(C)c1ccccc1-2)C(C)(C)C. The van der Waals surface area contributed by atoms with Crippen LogP contribution in [0.5, 0.6) is 0 Å². The molecule has 4 aromatic rings. The summed E-state index contributed by atoms with van der Waals surface area (Å²) in [6.45, 7) is 21.3. The molecular formula is C37H43N. The average molecular weight is 502 g/mol. The lowest BCUT2D eigenvalue weighted by Gasteiger charge is -2.43. The van der Waals surface area contributed by atoms with Crippen LogP contribution in [0.25, 0.3) is 22.3 Å². The molecule has 0 N–H and O–H groups in total. The second-order valence-electron chi connectivity index (χ2n) is 13.0. The Morgan fingerprint density at radius 2 is 1.26 bits per heavy atom. The summed E-state index contributed by atoms with van der Waals surface area (Å²) >= 11 is 0. The van der Waals surface area contributed by atoms with Gasteiger partial charge >= 0.3 is 0 Å². The minimum atomic E-state index is -0.137. The van der Waals surface area contributed by atoms with Gasteiger partial charge in [-0.05, 0) is 77.6 Å². The van der Waals surface area contributed by atoms with Gasteiger partial charge in [0.1, 0.15) is 0 Å². The Morgan fingerprint density at radius 3 is 1.89 bits per heavy atom. The maximum absolute atomic E-state index is 2.65. The quantitative estimate of drug-likeness (QED) is 0.263. The van der Waals surface area contributed by atoms with E-state index in [1.54, 1.807) is 0 Å². The first-order valence-electron chi connectivity index (χ1n) is 14.2. The lowest BCUT2D eigenvalue weighted by Crippen LogP contribution is -2.39. The summed E-state index contributed by atoms with van der Waals surface area (Å²) in [5, 5.41) is 0. The first-order valence-corrected chi connectivity index (χ1v) is 14.2. The standard InChI is InChI=1S/C37H43N/c1-24(2)27-19-15-20-28(26-16-11-10-12-17-26)35(27)38(36(5,6)7)32-23-22-30-29-18-13-14-21-31(29)37(8,9)34(30)33(32)25(3)4/h10-25H,1-9H3. The van der Waals surface area contributed by atoms with E-state index in [2.05, 4.69) is 152 Å². The maximum Gasteiger partial charge on any atom is 0.0530 e. The fourth-order valence-corrected chi connectivity index (χ4v) is 6.63. The molecule has 0 atom stereocenters. The first-order chi connectivity index (χ1) is 17.9. The molecule has 0 radical (unpaired) electrons. The van der Waals surface area contributed by atoms with Crippen molar-refractivity contribution in [3.63, 3.8) is 0 Å². The minimum Gasteiger partial charge on any atom is -0.335 e. The van der Waals surface area contributed by atoms with Gasteiger partial charge in [-0.1, -0.05) is 120 Å². The number of rotatable bonds is 5. The second-order valence-corrected chi connectivity index (χ2v) is 13.0. The van der Waals surface area contributed by atoms with E-state index in [4.69, 9.17) is 0 Å². The van der Waals surface area contributed by atoms with E-state index >= 15 is 0 Å². The Hall–Kier alpha value is -3.32. The molecule has 1 heteroatoms. The van der Waals surface area contributed by atoms with Crippen LogP contribution in [-0.4, -0.2) is 5.54 Å².